The fourth-order valence-corrected chi connectivity index (χ4v) is 2.14. The van der Waals surface area contributed by atoms with Gasteiger partial charge in [0.1, 0.15) is 6.10 Å². The molecule has 0 bridgehead atoms. The van der Waals surface area contributed by atoms with Crippen molar-refractivity contribution in [2.45, 2.75) is 83.8 Å². The van der Waals surface area contributed by atoms with Crippen molar-refractivity contribution in [3.8, 4) is 0 Å². The number of hydrogen-bond acceptors (Lipinski definition) is 6. The average molecular weight is 316 g/mol. The van der Waals surface area contributed by atoms with Crippen LogP contribution in [0, 0.1) is 0 Å². The molecule has 1 rings (SSSR count). The van der Waals surface area contributed by atoms with Gasteiger partial charge in [0.05, 0.1) is 24.4 Å². The quantitative estimate of drug-likeness (QED) is 0.547. The monoisotopic (exact) mass is 316 g/mol. The second-order valence-electron chi connectivity index (χ2n) is 5.99. The van der Waals surface area contributed by atoms with Crippen LogP contribution in [0.5, 0.6) is 0 Å². The van der Waals surface area contributed by atoms with Crippen LogP contribution in [0.3, 0.4) is 0 Å². The molecular formula is C16H28O6. The van der Waals surface area contributed by atoms with E-state index >= 15 is 0 Å². The lowest BCUT2D eigenvalue weighted by Crippen LogP contribution is -2.48. The van der Waals surface area contributed by atoms with E-state index < -0.39 is 18.5 Å². The highest BCUT2D eigenvalue weighted by molar-refractivity contribution is 5.81. The molecule has 0 spiro atoms. The zero-order valence-corrected chi connectivity index (χ0v) is 13.8. The second kappa shape index (κ2) is 9.25. The molecule has 2 N–H and O–H groups in total. The van der Waals surface area contributed by atoms with E-state index in [0.29, 0.717) is 12.8 Å². The molecule has 128 valence electrons. The number of ether oxygens (including phenoxy) is 3. The Morgan fingerprint density at radius 1 is 1.32 bits per heavy atom. The lowest BCUT2D eigenvalue weighted by molar-refractivity contribution is -0.273. The van der Waals surface area contributed by atoms with E-state index in [2.05, 4.69) is 0 Å². The highest BCUT2D eigenvalue weighted by Gasteiger charge is 2.35. The van der Waals surface area contributed by atoms with Gasteiger partial charge in [-0.25, -0.2) is 4.79 Å². The normalized spacial score (nSPS) is 30.7. The van der Waals surface area contributed by atoms with Gasteiger partial charge in [-0.05, 0) is 40.5 Å². The van der Waals surface area contributed by atoms with Crippen molar-refractivity contribution in [1.29, 1.82) is 0 Å². The molecular weight excluding hydrogens is 288 g/mol. The summed E-state index contributed by atoms with van der Waals surface area (Å²) < 4.78 is 16.1. The Labute approximate surface area is 132 Å². The molecule has 1 fully saturated rings. The zero-order chi connectivity index (χ0) is 16.7. The Morgan fingerprint density at radius 3 is 2.64 bits per heavy atom. The van der Waals surface area contributed by atoms with E-state index in [9.17, 15) is 15.0 Å². The molecule has 0 aromatic heterocycles. The largest absolute Gasteiger partial charge is 0.460 e. The first-order valence-corrected chi connectivity index (χ1v) is 7.83. The molecule has 6 heteroatoms. The van der Waals surface area contributed by atoms with E-state index in [1.165, 1.54) is 6.08 Å². The molecule has 1 saturated heterocycles. The maximum Gasteiger partial charge on any atom is 0.330 e. The Morgan fingerprint density at radius 2 is 2.00 bits per heavy atom. The Bertz CT molecular complexity index is 368. The van der Waals surface area contributed by atoms with Crippen LogP contribution in [0.1, 0.15) is 47.0 Å². The molecule has 0 amide bonds. The summed E-state index contributed by atoms with van der Waals surface area (Å²) in [5, 5.41) is 19.4. The van der Waals surface area contributed by atoms with Crippen LogP contribution < -0.4 is 0 Å². The summed E-state index contributed by atoms with van der Waals surface area (Å²) >= 11 is 0. The molecule has 0 saturated carbocycles. The summed E-state index contributed by atoms with van der Waals surface area (Å²) in [4.78, 5) is 11.3. The zero-order valence-electron chi connectivity index (χ0n) is 13.8. The van der Waals surface area contributed by atoms with Gasteiger partial charge >= 0.3 is 5.97 Å². The third kappa shape index (κ3) is 6.87. The van der Waals surface area contributed by atoms with E-state index in [1.54, 1.807) is 26.8 Å². The van der Waals surface area contributed by atoms with E-state index in [0.717, 1.165) is 0 Å². The van der Waals surface area contributed by atoms with Gasteiger partial charge in [-0.15, -0.1) is 0 Å². The molecule has 5 atom stereocenters. The first-order chi connectivity index (χ1) is 10.3. The minimum Gasteiger partial charge on any atom is -0.460 e. The maximum absolute atomic E-state index is 11.3. The third-order valence-electron chi connectivity index (χ3n) is 3.40. The van der Waals surface area contributed by atoms with Crippen molar-refractivity contribution in [1.82, 2.24) is 0 Å². The van der Waals surface area contributed by atoms with Crippen molar-refractivity contribution in [2.75, 3.05) is 0 Å². The summed E-state index contributed by atoms with van der Waals surface area (Å²) in [6.45, 7) is 7.23. The number of esters is 1. The molecule has 0 aliphatic carbocycles. The highest BCUT2D eigenvalue weighted by Crippen LogP contribution is 2.22. The third-order valence-corrected chi connectivity index (χ3v) is 3.40. The van der Waals surface area contributed by atoms with Crippen LogP contribution in [-0.2, 0) is 19.0 Å². The van der Waals surface area contributed by atoms with Crippen molar-refractivity contribution in [3.05, 3.63) is 12.2 Å². The first kappa shape index (κ1) is 19.1. The number of carbonyl (C=O) groups excluding carboxylic acids is 1. The fraction of sp³-hybridized carbons (Fsp3) is 0.812. The van der Waals surface area contributed by atoms with E-state index in [1.807, 2.05) is 6.92 Å². The number of rotatable bonds is 7. The maximum atomic E-state index is 11.3. The molecule has 0 aromatic rings. The molecule has 0 aromatic carbocycles. The van der Waals surface area contributed by atoms with Gasteiger partial charge in [-0.3, -0.25) is 0 Å². The van der Waals surface area contributed by atoms with Crippen molar-refractivity contribution < 1.29 is 29.2 Å². The summed E-state index contributed by atoms with van der Waals surface area (Å²) in [7, 11) is 0. The number of aliphatic hydroxyl groups excluding tert-OH is 2. The number of allylic oxidation sites excluding steroid dienone is 1. The van der Waals surface area contributed by atoms with Gasteiger partial charge in [0, 0.05) is 12.5 Å². The number of aliphatic hydroxyl groups is 2. The first-order valence-electron chi connectivity index (χ1n) is 7.83. The Balaban J connectivity index is 2.27. The Hall–Kier alpha value is -0.950. The smallest absolute Gasteiger partial charge is 0.330 e. The van der Waals surface area contributed by atoms with Crippen LogP contribution >= 0.6 is 0 Å². The van der Waals surface area contributed by atoms with Gasteiger partial charge < -0.3 is 24.4 Å². The number of carbonyl (C=O) groups is 1. The molecule has 2 unspecified atom stereocenters. The molecule has 1 heterocycles. The van der Waals surface area contributed by atoms with Gasteiger partial charge in [0.15, 0.2) is 6.29 Å². The lowest BCUT2D eigenvalue weighted by Gasteiger charge is -2.36. The predicted molar refractivity (Wildman–Crippen MR) is 81.1 cm³/mol. The van der Waals surface area contributed by atoms with Gasteiger partial charge in [-0.2, -0.15) is 0 Å². The topological polar surface area (TPSA) is 85.2 Å². The average Bonchev–Trinajstić information content (AvgIpc) is 2.40. The number of hydrogen-bond donors (Lipinski definition) is 2. The highest BCUT2D eigenvalue weighted by atomic mass is 16.7. The van der Waals surface area contributed by atoms with Crippen molar-refractivity contribution in [3.63, 3.8) is 0 Å². The molecule has 1 aliphatic rings. The molecule has 1 aliphatic heterocycles. The van der Waals surface area contributed by atoms with Crippen LogP contribution in [0.15, 0.2) is 12.2 Å². The standard InChI is InChI=1S/C16H28O6/c1-10(2)20-15(19)8-6-5-7-11(3)21-16-14(18)9-13(17)12(4)22-16/h6,8,10-14,16-18H,5,7,9H2,1-4H3/b8-6+/t11-,12+,13?,14-,16?/m1/s1. The summed E-state index contributed by atoms with van der Waals surface area (Å²) in [5.74, 6) is -0.350. The SMILES string of the molecule is CC(C)OC(=O)/C=C/CC[C@@H](C)OC1O[C@@H](C)C(O)C[C@H]1O. The van der Waals surface area contributed by atoms with Crippen LogP contribution in [0.2, 0.25) is 0 Å². The fourth-order valence-electron chi connectivity index (χ4n) is 2.14. The van der Waals surface area contributed by atoms with Gasteiger partial charge in [0.25, 0.3) is 0 Å². The summed E-state index contributed by atoms with van der Waals surface area (Å²) in [6, 6.07) is 0. The lowest BCUT2D eigenvalue weighted by atomic mass is 10.0. The van der Waals surface area contributed by atoms with Crippen LogP contribution in [-0.4, -0.2) is 53.0 Å². The van der Waals surface area contributed by atoms with E-state index in [-0.39, 0.29) is 30.7 Å². The molecule has 22 heavy (non-hydrogen) atoms. The summed E-state index contributed by atoms with van der Waals surface area (Å²) in [5.41, 5.74) is 0. The predicted octanol–water partition coefficient (Wildman–Crippen LogP) is 1.54. The van der Waals surface area contributed by atoms with Crippen molar-refractivity contribution in [2.24, 2.45) is 0 Å². The van der Waals surface area contributed by atoms with Crippen LogP contribution in [0.4, 0.5) is 0 Å². The second-order valence-corrected chi connectivity index (χ2v) is 5.99. The minimum absolute atomic E-state index is 0.123. The molecule has 0 radical (unpaired) electrons. The molecule has 6 nitrogen and oxygen atoms in total. The summed E-state index contributed by atoms with van der Waals surface area (Å²) in [6.07, 6.45) is 1.94. The van der Waals surface area contributed by atoms with Gasteiger partial charge in [-0.1, -0.05) is 6.08 Å². The van der Waals surface area contributed by atoms with Crippen LogP contribution in [0.25, 0.3) is 0 Å². The van der Waals surface area contributed by atoms with Gasteiger partial charge in [0.2, 0.25) is 0 Å². The van der Waals surface area contributed by atoms with Crippen molar-refractivity contribution >= 4 is 5.97 Å². The Kier molecular flexibility index (Phi) is 8.03. The van der Waals surface area contributed by atoms with E-state index in [4.69, 9.17) is 14.2 Å². The minimum atomic E-state index is -0.829.